The summed E-state index contributed by atoms with van der Waals surface area (Å²) in [6.45, 7) is 15.0. The lowest BCUT2D eigenvalue weighted by Crippen LogP contribution is -2.10. The molecule has 0 bridgehead atoms. The van der Waals surface area contributed by atoms with Crippen LogP contribution in [0.5, 0.6) is 0 Å². The molecule has 0 saturated heterocycles. The first-order chi connectivity index (χ1) is 17.2. The standard InChI is InChI=1S/C32H35NO3S/c1-22-8-18-28(19-9-22)37(34,35)33-21-25-20-29(23-10-14-26(15-11-23)31(2,3)4)36-30(25)24-12-16-27(17-13-24)32(5,6)7/h8-21H,1-7H3/b33-21+. The summed E-state index contributed by atoms with van der Waals surface area (Å²) in [5.74, 6) is 1.24. The van der Waals surface area contributed by atoms with Gasteiger partial charge < -0.3 is 4.42 Å². The number of sulfonamides is 1. The Labute approximate surface area is 221 Å². The predicted octanol–water partition coefficient (Wildman–Crippen LogP) is 8.32. The molecule has 4 aromatic rings. The fourth-order valence-electron chi connectivity index (χ4n) is 4.02. The smallest absolute Gasteiger partial charge is 0.282 e. The molecule has 4 nitrogen and oxygen atoms in total. The lowest BCUT2D eigenvalue weighted by molar-refractivity contribution is 0.586. The van der Waals surface area contributed by atoms with Gasteiger partial charge in [0, 0.05) is 16.7 Å². The molecule has 0 radical (unpaired) electrons. The molecule has 0 saturated carbocycles. The second-order valence-electron chi connectivity index (χ2n) is 11.6. The Morgan fingerprint density at radius 2 is 1.19 bits per heavy atom. The van der Waals surface area contributed by atoms with Crippen molar-refractivity contribution in [3.63, 3.8) is 0 Å². The van der Waals surface area contributed by atoms with Gasteiger partial charge in [-0.3, -0.25) is 0 Å². The molecular weight excluding hydrogens is 478 g/mol. The number of nitrogens with zero attached hydrogens (tertiary/aromatic N) is 1. The quantitative estimate of drug-likeness (QED) is 0.252. The van der Waals surface area contributed by atoms with Crippen molar-refractivity contribution in [1.82, 2.24) is 0 Å². The van der Waals surface area contributed by atoms with Crippen LogP contribution in [0.3, 0.4) is 0 Å². The van der Waals surface area contributed by atoms with Gasteiger partial charge in [-0.05, 0) is 47.1 Å². The van der Waals surface area contributed by atoms with Crippen molar-refractivity contribution >= 4 is 16.2 Å². The molecule has 0 unspecified atom stereocenters. The number of benzene rings is 3. The van der Waals surface area contributed by atoms with Gasteiger partial charge in [-0.1, -0.05) is 108 Å². The number of hydrogen-bond donors (Lipinski definition) is 0. The Hall–Kier alpha value is -3.44. The van der Waals surface area contributed by atoms with Crippen LogP contribution >= 0.6 is 0 Å². The fourth-order valence-corrected chi connectivity index (χ4v) is 4.88. The Kier molecular flexibility index (Phi) is 7.04. The van der Waals surface area contributed by atoms with E-state index in [-0.39, 0.29) is 15.7 Å². The van der Waals surface area contributed by atoms with Crippen LogP contribution in [0.4, 0.5) is 0 Å². The summed E-state index contributed by atoms with van der Waals surface area (Å²) in [4.78, 5) is 0.159. The molecule has 0 N–H and O–H groups in total. The van der Waals surface area contributed by atoms with E-state index in [4.69, 9.17) is 4.42 Å². The van der Waals surface area contributed by atoms with E-state index in [2.05, 4.69) is 70.2 Å². The van der Waals surface area contributed by atoms with E-state index in [9.17, 15) is 8.42 Å². The predicted molar refractivity (Wildman–Crippen MR) is 153 cm³/mol. The molecule has 1 aromatic heterocycles. The van der Waals surface area contributed by atoms with E-state index in [0.717, 1.165) is 16.7 Å². The zero-order valence-corrected chi connectivity index (χ0v) is 23.5. The molecule has 37 heavy (non-hydrogen) atoms. The number of furan rings is 1. The molecule has 5 heteroatoms. The van der Waals surface area contributed by atoms with Crippen molar-refractivity contribution in [2.45, 2.75) is 64.2 Å². The first-order valence-corrected chi connectivity index (χ1v) is 13.9. The van der Waals surface area contributed by atoms with Crippen molar-refractivity contribution in [2.24, 2.45) is 4.40 Å². The summed E-state index contributed by atoms with van der Waals surface area (Å²) in [5, 5.41) is 0. The summed E-state index contributed by atoms with van der Waals surface area (Å²) in [7, 11) is -3.85. The zero-order valence-electron chi connectivity index (χ0n) is 22.7. The molecule has 0 amide bonds. The third kappa shape index (κ3) is 6.11. The van der Waals surface area contributed by atoms with Crippen LogP contribution in [-0.2, 0) is 20.9 Å². The van der Waals surface area contributed by atoms with Crippen LogP contribution in [0, 0.1) is 6.92 Å². The Morgan fingerprint density at radius 1 is 0.703 bits per heavy atom. The molecule has 0 aliphatic rings. The zero-order chi connectivity index (χ0) is 27.0. The summed E-state index contributed by atoms with van der Waals surface area (Å²) in [6, 6.07) is 25.0. The maximum Gasteiger partial charge on any atom is 0.282 e. The fraction of sp³-hybridized carbons (Fsp3) is 0.281. The maximum absolute atomic E-state index is 12.9. The van der Waals surface area contributed by atoms with Crippen LogP contribution in [0.2, 0.25) is 0 Å². The van der Waals surface area contributed by atoms with Gasteiger partial charge in [-0.25, -0.2) is 0 Å². The molecule has 0 spiro atoms. The van der Waals surface area contributed by atoms with Gasteiger partial charge in [0.1, 0.15) is 11.5 Å². The van der Waals surface area contributed by atoms with Crippen molar-refractivity contribution in [1.29, 1.82) is 0 Å². The second-order valence-corrected chi connectivity index (χ2v) is 13.2. The highest BCUT2D eigenvalue weighted by atomic mass is 32.2. The molecule has 0 aliphatic heterocycles. The van der Waals surface area contributed by atoms with Crippen LogP contribution in [-0.4, -0.2) is 14.6 Å². The van der Waals surface area contributed by atoms with E-state index in [1.807, 2.05) is 37.3 Å². The minimum absolute atomic E-state index is 0.0219. The van der Waals surface area contributed by atoms with E-state index in [1.165, 1.54) is 17.3 Å². The summed E-state index contributed by atoms with van der Waals surface area (Å²) in [5.41, 5.74) is 5.87. The van der Waals surface area contributed by atoms with Crippen LogP contribution in [0.25, 0.3) is 22.6 Å². The van der Waals surface area contributed by atoms with Crippen LogP contribution in [0.15, 0.2) is 92.6 Å². The van der Waals surface area contributed by atoms with E-state index < -0.39 is 10.0 Å². The van der Waals surface area contributed by atoms with Gasteiger partial charge in [-0.2, -0.15) is 12.8 Å². The van der Waals surface area contributed by atoms with Gasteiger partial charge in [0.2, 0.25) is 0 Å². The Bertz CT molecular complexity index is 1510. The highest BCUT2D eigenvalue weighted by molar-refractivity contribution is 7.90. The lowest BCUT2D eigenvalue weighted by atomic mass is 9.86. The Balaban J connectivity index is 1.77. The normalized spacial score (nSPS) is 12.8. The topological polar surface area (TPSA) is 59.6 Å². The molecule has 0 atom stereocenters. The first kappa shape index (κ1) is 26.6. The number of hydrogen-bond acceptors (Lipinski definition) is 3. The van der Waals surface area contributed by atoms with Gasteiger partial charge in [0.25, 0.3) is 10.0 Å². The Morgan fingerprint density at radius 3 is 1.68 bits per heavy atom. The van der Waals surface area contributed by atoms with Gasteiger partial charge in [0.15, 0.2) is 0 Å². The van der Waals surface area contributed by atoms with E-state index in [1.54, 1.807) is 24.3 Å². The molecule has 3 aromatic carbocycles. The van der Waals surface area contributed by atoms with Gasteiger partial charge in [-0.15, -0.1) is 0 Å². The first-order valence-electron chi connectivity index (χ1n) is 12.5. The third-order valence-corrected chi connectivity index (χ3v) is 7.71. The monoisotopic (exact) mass is 513 g/mol. The number of rotatable bonds is 5. The summed E-state index contributed by atoms with van der Waals surface area (Å²) < 4.78 is 36.1. The van der Waals surface area contributed by atoms with Gasteiger partial charge >= 0.3 is 0 Å². The van der Waals surface area contributed by atoms with Gasteiger partial charge in [0.05, 0.1) is 11.1 Å². The summed E-state index contributed by atoms with van der Waals surface area (Å²) in [6.07, 6.45) is 1.39. The largest absolute Gasteiger partial charge is 0.455 e. The van der Waals surface area contributed by atoms with Crippen LogP contribution < -0.4 is 0 Å². The van der Waals surface area contributed by atoms with E-state index in [0.29, 0.717) is 17.1 Å². The minimum Gasteiger partial charge on any atom is -0.455 e. The molecule has 0 aliphatic carbocycles. The van der Waals surface area contributed by atoms with E-state index >= 15 is 0 Å². The molecule has 4 rings (SSSR count). The highest BCUT2D eigenvalue weighted by Gasteiger charge is 2.19. The SMILES string of the molecule is Cc1ccc(S(=O)(=O)/N=C/c2cc(-c3ccc(C(C)(C)C)cc3)oc2-c2ccc(C(C)(C)C)cc2)cc1. The molecule has 0 fully saturated rings. The molecule has 1 heterocycles. The molecule has 192 valence electrons. The molecular formula is C32H35NO3S. The van der Waals surface area contributed by atoms with Crippen molar-refractivity contribution in [3.05, 3.63) is 101 Å². The third-order valence-electron chi connectivity index (χ3n) is 6.46. The van der Waals surface area contributed by atoms with Crippen molar-refractivity contribution < 1.29 is 12.8 Å². The highest BCUT2D eigenvalue weighted by Crippen LogP contribution is 2.34. The average molecular weight is 514 g/mol. The summed E-state index contributed by atoms with van der Waals surface area (Å²) >= 11 is 0. The lowest BCUT2D eigenvalue weighted by Gasteiger charge is -2.19. The minimum atomic E-state index is -3.85. The van der Waals surface area contributed by atoms with Crippen molar-refractivity contribution in [3.8, 4) is 22.6 Å². The average Bonchev–Trinajstić information content (AvgIpc) is 3.27. The number of aryl methyl sites for hydroxylation is 1. The van der Waals surface area contributed by atoms with Crippen molar-refractivity contribution in [2.75, 3.05) is 0 Å². The second kappa shape index (κ2) is 9.79. The van der Waals surface area contributed by atoms with Crippen LogP contribution in [0.1, 0.15) is 63.8 Å². The maximum atomic E-state index is 12.9.